The first-order chi connectivity index (χ1) is 18.1. The second-order valence-electron chi connectivity index (χ2n) is 8.98. The van der Waals surface area contributed by atoms with E-state index < -0.39 is 0 Å². The Kier molecular flexibility index (Phi) is 28.4. The maximum atomic E-state index is 10.3. The SMILES string of the molecule is Cl.O=[C-]Nc1cccc(C2CCN(CCO)CC2)c1.O=[C-]Nc1cccc(C2CCNCC2)c1.OCCBr.[Y].[Y]. The van der Waals surface area contributed by atoms with Crippen molar-refractivity contribution in [3.63, 3.8) is 0 Å². The molecule has 2 saturated heterocycles. The summed E-state index contributed by atoms with van der Waals surface area (Å²) < 4.78 is 0. The van der Waals surface area contributed by atoms with Gasteiger partial charge in [-0.15, -0.1) is 48.0 Å². The van der Waals surface area contributed by atoms with Gasteiger partial charge in [-0.2, -0.15) is 0 Å². The third-order valence-corrected chi connectivity index (χ3v) is 6.89. The Morgan fingerprint density at radius 3 is 1.68 bits per heavy atom. The normalized spacial score (nSPS) is 15.2. The van der Waals surface area contributed by atoms with E-state index in [2.05, 4.69) is 48.9 Å². The van der Waals surface area contributed by atoms with Gasteiger partial charge in [0.2, 0.25) is 0 Å². The quantitative estimate of drug-likeness (QED) is 0.150. The smallest absolute Gasteiger partial charge is 0.0692 e. The number of likely N-dealkylation sites (tertiary alicyclic amines) is 1. The molecule has 40 heavy (non-hydrogen) atoms. The minimum absolute atomic E-state index is 0. The second-order valence-corrected chi connectivity index (χ2v) is 9.77. The zero-order valence-electron chi connectivity index (χ0n) is 22.9. The number of anilines is 2. The average molecular weight is 790 g/mol. The Hall–Kier alpha value is 0.198. The zero-order valence-corrected chi connectivity index (χ0v) is 30.9. The fourth-order valence-corrected chi connectivity index (χ4v) is 4.65. The summed E-state index contributed by atoms with van der Waals surface area (Å²) in [6, 6.07) is 16.0. The molecule has 0 aromatic heterocycles. The van der Waals surface area contributed by atoms with Gasteiger partial charge in [0.15, 0.2) is 0 Å². The van der Waals surface area contributed by atoms with E-state index >= 15 is 0 Å². The molecule has 0 atom stereocenters. The van der Waals surface area contributed by atoms with Gasteiger partial charge in [0, 0.05) is 77.3 Å². The van der Waals surface area contributed by atoms with Gasteiger partial charge in [0.1, 0.15) is 0 Å². The van der Waals surface area contributed by atoms with Crippen molar-refractivity contribution in [3.8, 4) is 0 Å². The summed E-state index contributed by atoms with van der Waals surface area (Å²) in [4.78, 5) is 22.8. The van der Waals surface area contributed by atoms with E-state index in [1.54, 1.807) is 12.8 Å². The number of aliphatic hydroxyl groups excluding tert-OH is 2. The molecule has 2 aromatic carbocycles. The van der Waals surface area contributed by atoms with Crippen LogP contribution in [0.25, 0.3) is 0 Å². The number of nitrogens with one attached hydrogen (secondary N) is 3. The van der Waals surface area contributed by atoms with E-state index in [1.807, 2.05) is 36.4 Å². The molecule has 5 N–H and O–H groups in total. The summed E-state index contributed by atoms with van der Waals surface area (Å²) in [6.45, 7) is 5.48. The Morgan fingerprint density at radius 2 is 1.27 bits per heavy atom. The number of β-amino-alcohol motifs (C(OH)–C–C–N with tert-alkyl or cyclic N) is 1. The van der Waals surface area contributed by atoms with Crippen LogP contribution in [0.3, 0.4) is 0 Å². The van der Waals surface area contributed by atoms with Crippen molar-refractivity contribution in [2.45, 2.75) is 37.5 Å². The molecule has 12 heteroatoms. The Labute approximate surface area is 303 Å². The zero-order chi connectivity index (χ0) is 26.7. The van der Waals surface area contributed by atoms with Crippen LogP contribution >= 0.6 is 28.3 Å². The van der Waals surface area contributed by atoms with Gasteiger partial charge < -0.3 is 40.7 Å². The predicted molar refractivity (Wildman–Crippen MR) is 160 cm³/mol. The number of nitrogens with zero attached hydrogens (tertiary/aromatic N) is 1. The van der Waals surface area contributed by atoms with Gasteiger partial charge >= 0.3 is 0 Å². The number of aliphatic hydroxyl groups is 2. The third kappa shape index (κ3) is 16.7. The summed E-state index contributed by atoms with van der Waals surface area (Å²) in [7, 11) is 0. The molecule has 0 saturated carbocycles. The van der Waals surface area contributed by atoms with Gasteiger partial charge in [0.25, 0.3) is 0 Å². The molecule has 2 aliphatic heterocycles. The Morgan fingerprint density at radius 1 is 0.825 bits per heavy atom. The molecule has 2 aromatic rings. The van der Waals surface area contributed by atoms with E-state index in [4.69, 9.17) is 10.2 Å². The van der Waals surface area contributed by atoms with Crippen LogP contribution in [0.1, 0.15) is 48.6 Å². The maximum absolute atomic E-state index is 10.3. The monoisotopic (exact) mass is 788 g/mol. The first kappa shape index (κ1) is 42.3. The van der Waals surface area contributed by atoms with E-state index in [0.29, 0.717) is 17.2 Å². The molecule has 0 aliphatic carbocycles. The van der Waals surface area contributed by atoms with Gasteiger partial charge in [0.05, 0.1) is 26.0 Å². The number of rotatable bonds is 9. The van der Waals surface area contributed by atoms with Crippen LogP contribution in [0.5, 0.6) is 0 Å². The standard InChI is InChI=1S/C14H19N2O2.C12H15N2O.C2H5BrO.ClH.2Y/c17-9-8-16-6-4-12(5-7-16)13-2-1-3-14(10-13)15-11-18;15-9-14-12-3-1-2-11(8-12)10-4-6-13-7-5-10;3-1-2-4;;;/h1-3,10,12,17H,4-9H2,(H,15,18);1-3,8,10,13H,4-7H2,(H,14,15);4H,1-2H2;1H;;/q2*-1;;;;. The number of carbonyl (C=O) groups excluding carboxylic acids is 2. The van der Waals surface area contributed by atoms with Crippen LogP contribution in [0.15, 0.2) is 48.5 Å². The molecular weight excluding hydrogens is 750 g/mol. The number of halogens is 2. The Balaban J connectivity index is 0. The summed E-state index contributed by atoms with van der Waals surface area (Å²) in [5.74, 6) is 1.17. The molecule has 8 nitrogen and oxygen atoms in total. The van der Waals surface area contributed by atoms with E-state index in [0.717, 1.165) is 56.9 Å². The van der Waals surface area contributed by atoms with Crippen LogP contribution < -0.4 is 16.0 Å². The fraction of sp³-hybridized carbons (Fsp3) is 0.500. The molecule has 2 fully saturated rings. The van der Waals surface area contributed by atoms with Crippen molar-refractivity contribution in [1.82, 2.24) is 10.2 Å². The van der Waals surface area contributed by atoms with E-state index in [-0.39, 0.29) is 91.0 Å². The van der Waals surface area contributed by atoms with Crippen molar-refractivity contribution in [1.29, 1.82) is 0 Å². The molecule has 0 unspecified atom stereocenters. The minimum atomic E-state index is 0. The Bertz CT molecular complexity index is 919. The summed E-state index contributed by atoms with van der Waals surface area (Å²) in [5.41, 5.74) is 4.23. The van der Waals surface area contributed by atoms with Crippen LogP contribution in [-0.4, -0.2) is 79.2 Å². The number of hydrogen-bond acceptors (Lipinski definition) is 6. The number of hydrogen-bond donors (Lipinski definition) is 5. The largest absolute Gasteiger partial charge is 0.490 e. The summed E-state index contributed by atoms with van der Waals surface area (Å²) >= 11 is 3.00. The van der Waals surface area contributed by atoms with Gasteiger partial charge in [-0.3, -0.25) is 0 Å². The third-order valence-electron chi connectivity index (χ3n) is 6.53. The molecule has 0 spiro atoms. The minimum Gasteiger partial charge on any atom is -0.490 e. The van der Waals surface area contributed by atoms with Crippen molar-refractivity contribution in [2.24, 2.45) is 0 Å². The number of benzene rings is 2. The second kappa shape index (κ2) is 26.8. The van der Waals surface area contributed by atoms with Crippen molar-refractivity contribution < 1.29 is 85.2 Å². The van der Waals surface area contributed by atoms with Crippen LogP contribution in [0, 0.1) is 0 Å². The number of amides is 2. The van der Waals surface area contributed by atoms with E-state index in [1.165, 1.54) is 24.0 Å². The van der Waals surface area contributed by atoms with Gasteiger partial charge in [-0.05, 0) is 63.7 Å². The molecule has 2 amide bonds. The maximum Gasteiger partial charge on any atom is 0.0692 e. The van der Waals surface area contributed by atoms with Crippen LogP contribution in [0.4, 0.5) is 11.4 Å². The molecule has 2 aliphatic rings. The number of piperidine rings is 2. The van der Waals surface area contributed by atoms with Crippen molar-refractivity contribution in [2.75, 3.05) is 61.9 Å². The summed E-state index contributed by atoms with van der Waals surface area (Å²) in [6.07, 6.45) is 7.96. The molecule has 2 heterocycles. The topological polar surface area (TPSA) is 114 Å². The molecule has 2 radical (unpaired) electrons. The van der Waals surface area contributed by atoms with Crippen molar-refractivity contribution >= 4 is 52.5 Å². The van der Waals surface area contributed by atoms with Crippen LogP contribution in [-0.2, 0) is 75.0 Å². The summed E-state index contributed by atoms with van der Waals surface area (Å²) in [5, 5.41) is 25.9. The number of alkyl halides is 1. The van der Waals surface area contributed by atoms with Crippen molar-refractivity contribution in [3.05, 3.63) is 59.7 Å². The predicted octanol–water partition coefficient (Wildman–Crippen LogP) is 3.76. The fourth-order valence-electron chi connectivity index (χ4n) is 4.65. The van der Waals surface area contributed by atoms with E-state index in [9.17, 15) is 9.59 Å². The molecule has 218 valence electrons. The molecule has 0 bridgehead atoms. The molecule has 4 rings (SSSR count). The molecular formula is C28H40BrClN4O4Y2-2. The average Bonchev–Trinajstić information content (AvgIpc) is 2.95. The first-order valence-corrected chi connectivity index (χ1v) is 13.9. The first-order valence-electron chi connectivity index (χ1n) is 12.8. The van der Waals surface area contributed by atoms with Gasteiger partial charge in [-0.25, -0.2) is 0 Å². The van der Waals surface area contributed by atoms with Gasteiger partial charge in [-0.1, -0.05) is 51.3 Å². The van der Waals surface area contributed by atoms with Crippen LogP contribution in [0.2, 0.25) is 0 Å².